The minimum Gasteiger partial charge on any atom is -0.399 e. The Morgan fingerprint density at radius 1 is 1.43 bits per heavy atom. The molecule has 74 valence electrons. The van der Waals surface area contributed by atoms with Crippen LogP contribution in [0.15, 0.2) is 23.4 Å². The minimum atomic E-state index is -2.46. The van der Waals surface area contributed by atoms with Crippen molar-refractivity contribution in [3.8, 4) is 0 Å². The molecule has 0 aliphatic heterocycles. The third-order valence-electron chi connectivity index (χ3n) is 1.68. The molecular weight excluding hydrogens is 208 g/mol. The third-order valence-corrected chi connectivity index (χ3v) is 2.28. The minimum absolute atomic E-state index is 0.209. The van der Waals surface area contributed by atoms with E-state index in [1.54, 1.807) is 18.2 Å². The zero-order chi connectivity index (χ0) is 10.1. The number of nitrogens with two attached hydrogens (primary N) is 1. The molecule has 3 N–H and O–H groups in total. The number of nitrogen functional groups attached to an aromatic ring is 1. The van der Waals surface area contributed by atoms with Crippen LogP contribution in [-0.4, -0.2) is 15.7 Å². The van der Waals surface area contributed by atoms with E-state index in [4.69, 9.17) is 5.73 Å². The van der Waals surface area contributed by atoms with Crippen LogP contribution in [0.25, 0.3) is 11.0 Å². The summed E-state index contributed by atoms with van der Waals surface area (Å²) in [6.07, 6.45) is 0. The fourth-order valence-electron chi connectivity index (χ4n) is 1.14. The van der Waals surface area contributed by atoms with Crippen LogP contribution >= 0.6 is 11.8 Å². The molecule has 0 aliphatic carbocycles. The molecule has 0 atom stereocenters. The summed E-state index contributed by atoms with van der Waals surface area (Å²) < 4.78 is 24.0. The number of rotatable bonds is 2. The van der Waals surface area contributed by atoms with Gasteiger partial charge in [0, 0.05) is 5.69 Å². The summed E-state index contributed by atoms with van der Waals surface area (Å²) in [6, 6.07) is 5.04. The van der Waals surface area contributed by atoms with Crippen LogP contribution in [0.1, 0.15) is 0 Å². The lowest BCUT2D eigenvalue weighted by atomic mass is 10.3. The van der Waals surface area contributed by atoms with Crippen molar-refractivity contribution in [3.63, 3.8) is 0 Å². The zero-order valence-electron chi connectivity index (χ0n) is 7.00. The standard InChI is InChI=1S/C8H7F2N3S/c9-7(10)14-8-12-5-2-1-4(11)3-6(5)13-8/h1-3,7H,11H2,(H,12,13). The summed E-state index contributed by atoms with van der Waals surface area (Å²) in [4.78, 5) is 6.73. The number of fused-ring (bicyclic) bond motifs is 1. The molecule has 0 fully saturated rings. The normalized spacial score (nSPS) is 11.4. The van der Waals surface area contributed by atoms with Gasteiger partial charge in [0.15, 0.2) is 5.16 Å². The lowest BCUT2D eigenvalue weighted by Gasteiger charge is -1.91. The summed E-state index contributed by atoms with van der Waals surface area (Å²) in [6.45, 7) is 0. The number of imidazole rings is 1. The first-order valence-electron chi connectivity index (χ1n) is 3.85. The molecule has 6 heteroatoms. The second kappa shape index (κ2) is 3.45. The van der Waals surface area contributed by atoms with E-state index in [1.807, 2.05) is 0 Å². The first-order valence-corrected chi connectivity index (χ1v) is 4.73. The molecule has 2 rings (SSSR count). The second-order valence-corrected chi connectivity index (χ2v) is 3.68. The number of nitrogens with one attached hydrogen (secondary N) is 1. The SMILES string of the molecule is Nc1ccc2nc(SC(F)F)[nH]c2c1. The Labute approximate surface area is 82.7 Å². The van der Waals surface area contributed by atoms with E-state index in [9.17, 15) is 8.78 Å². The summed E-state index contributed by atoms with van der Waals surface area (Å²) in [5.74, 6) is -2.46. The highest BCUT2D eigenvalue weighted by Crippen LogP contribution is 2.25. The molecule has 0 saturated heterocycles. The van der Waals surface area contributed by atoms with Gasteiger partial charge in [-0.3, -0.25) is 0 Å². The van der Waals surface area contributed by atoms with Crippen molar-refractivity contribution in [2.75, 3.05) is 5.73 Å². The summed E-state index contributed by atoms with van der Waals surface area (Å²) in [5, 5.41) is 0.209. The molecule has 0 saturated carbocycles. The molecular formula is C8H7F2N3S. The smallest absolute Gasteiger partial charge is 0.291 e. The molecule has 14 heavy (non-hydrogen) atoms. The molecule has 3 nitrogen and oxygen atoms in total. The Morgan fingerprint density at radius 2 is 2.21 bits per heavy atom. The molecule has 0 unspecified atom stereocenters. The lowest BCUT2D eigenvalue weighted by molar-refractivity contribution is 0.251. The van der Waals surface area contributed by atoms with Crippen molar-refractivity contribution in [1.29, 1.82) is 0 Å². The monoisotopic (exact) mass is 215 g/mol. The number of benzene rings is 1. The van der Waals surface area contributed by atoms with Gasteiger partial charge in [-0.25, -0.2) is 4.98 Å². The maximum absolute atomic E-state index is 12.0. The highest BCUT2D eigenvalue weighted by Gasteiger charge is 2.09. The quantitative estimate of drug-likeness (QED) is 0.597. The Balaban J connectivity index is 2.41. The van der Waals surface area contributed by atoms with E-state index in [2.05, 4.69) is 9.97 Å². The van der Waals surface area contributed by atoms with Crippen LogP contribution in [-0.2, 0) is 0 Å². The first-order chi connectivity index (χ1) is 6.65. The Bertz CT molecular complexity index is 455. The summed E-state index contributed by atoms with van der Waals surface area (Å²) in [5.41, 5.74) is 7.43. The number of H-pyrrole nitrogens is 1. The van der Waals surface area contributed by atoms with Gasteiger partial charge in [0.05, 0.1) is 11.0 Å². The van der Waals surface area contributed by atoms with Crippen LogP contribution in [0.4, 0.5) is 14.5 Å². The van der Waals surface area contributed by atoms with E-state index in [0.717, 1.165) is 0 Å². The van der Waals surface area contributed by atoms with Crippen LogP contribution < -0.4 is 5.73 Å². The van der Waals surface area contributed by atoms with Crippen molar-refractivity contribution in [3.05, 3.63) is 18.2 Å². The Morgan fingerprint density at radius 3 is 2.93 bits per heavy atom. The number of aromatic nitrogens is 2. The number of nitrogens with zero attached hydrogens (tertiary/aromatic N) is 1. The highest BCUT2D eigenvalue weighted by atomic mass is 32.2. The average molecular weight is 215 g/mol. The maximum atomic E-state index is 12.0. The van der Waals surface area contributed by atoms with E-state index >= 15 is 0 Å². The van der Waals surface area contributed by atoms with Gasteiger partial charge in [-0.05, 0) is 30.0 Å². The lowest BCUT2D eigenvalue weighted by Crippen LogP contribution is -1.82. The number of alkyl halides is 2. The number of hydrogen-bond acceptors (Lipinski definition) is 3. The van der Waals surface area contributed by atoms with E-state index in [0.29, 0.717) is 28.5 Å². The van der Waals surface area contributed by atoms with E-state index < -0.39 is 5.76 Å². The topological polar surface area (TPSA) is 54.7 Å². The van der Waals surface area contributed by atoms with Gasteiger partial charge in [-0.15, -0.1) is 0 Å². The molecule has 0 spiro atoms. The predicted molar refractivity (Wildman–Crippen MR) is 52.4 cm³/mol. The summed E-state index contributed by atoms with van der Waals surface area (Å²) >= 11 is 0.389. The maximum Gasteiger partial charge on any atom is 0.291 e. The molecule has 2 aromatic rings. The number of thioether (sulfide) groups is 1. The van der Waals surface area contributed by atoms with Crippen molar-refractivity contribution in [2.45, 2.75) is 10.9 Å². The van der Waals surface area contributed by atoms with Gasteiger partial charge in [-0.2, -0.15) is 8.78 Å². The highest BCUT2D eigenvalue weighted by molar-refractivity contribution is 7.99. The fourth-order valence-corrected chi connectivity index (χ4v) is 1.63. The summed E-state index contributed by atoms with van der Waals surface area (Å²) in [7, 11) is 0. The molecule has 0 amide bonds. The van der Waals surface area contributed by atoms with Gasteiger partial charge < -0.3 is 10.7 Å². The Hall–Kier alpha value is -1.30. The van der Waals surface area contributed by atoms with Gasteiger partial charge in [0.1, 0.15) is 0 Å². The largest absolute Gasteiger partial charge is 0.399 e. The number of aromatic amines is 1. The van der Waals surface area contributed by atoms with Crippen LogP contribution in [0.5, 0.6) is 0 Å². The van der Waals surface area contributed by atoms with Crippen molar-refractivity contribution in [2.24, 2.45) is 0 Å². The van der Waals surface area contributed by atoms with Crippen LogP contribution in [0.2, 0.25) is 0 Å². The molecule has 1 aromatic carbocycles. The zero-order valence-corrected chi connectivity index (χ0v) is 7.81. The number of hydrogen-bond donors (Lipinski definition) is 2. The van der Waals surface area contributed by atoms with Crippen molar-refractivity contribution < 1.29 is 8.78 Å². The van der Waals surface area contributed by atoms with Gasteiger partial charge in [0.25, 0.3) is 5.76 Å². The van der Waals surface area contributed by atoms with E-state index in [-0.39, 0.29) is 5.16 Å². The van der Waals surface area contributed by atoms with Gasteiger partial charge in [-0.1, -0.05) is 0 Å². The fraction of sp³-hybridized carbons (Fsp3) is 0.125. The van der Waals surface area contributed by atoms with Crippen LogP contribution in [0, 0.1) is 0 Å². The van der Waals surface area contributed by atoms with Gasteiger partial charge >= 0.3 is 0 Å². The van der Waals surface area contributed by atoms with Gasteiger partial charge in [0.2, 0.25) is 0 Å². The van der Waals surface area contributed by atoms with E-state index in [1.165, 1.54) is 0 Å². The Kier molecular flexibility index (Phi) is 2.28. The molecule has 0 aliphatic rings. The van der Waals surface area contributed by atoms with Crippen molar-refractivity contribution >= 4 is 28.5 Å². The number of anilines is 1. The molecule has 0 radical (unpaired) electrons. The second-order valence-electron chi connectivity index (χ2n) is 2.70. The first kappa shape index (κ1) is 9.26. The van der Waals surface area contributed by atoms with Crippen molar-refractivity contribution in [1.82, 2.24) is 9.97 Å². The molecule has 1 heterocycles. The number of halogens is 2. The van der Waals surface area contributed by atoms with Crippen LogP contribution in [0.3, 0.4) is 0 Å². The predicted octanol–water partition coefficient (Wildman–Crippen LogP) is 2.46. The average Bonchev–Trinajstić information content (AvgIpc) is 2.44. The molecule has 0 bridgehead atoms. The third kappa shape index (κ3) is 1.79. The molecule has 1 aromatic heterocycles.